The second-order valence-electron chi connectivity index (χ2n) is 9.05. The Bertz CT molecular complexity index is 1150. The van der Waals surface area contributed by atoms with Crippen LogP contribution in [-0.2, 0) is 11.2 Å². The van der Waals surface area contributed by atoms with Crippen LogP contribution >= 0.6 is 0 Å². The molecule has 0 spiro atoms. The number of rotatable bonds is 8. The molecule has 1 aromatic heterocycles. The zero-order valence-corrected chi connectivity index (χ0v) is 19.9. The van der Waals surface area contributed by atoms with E-state index in [9.17, 15) is 9.59 Å². The van der Waals surface area contributed by atoms with Crippen molar-refractivity contribution in [2.45, 2.75) is 39.2 Å². The Morgan fingerprint density at radius 1 is 1.09 bits per heavy atom. The summed E-state index contributed by atoms with van der Waals surface area (Å²) < 4.78 is 0. The normalized spacial score (nSPS) is 15.9. The maximum atomic E-state index is 12.4. The molecule has 0 aliphatic carbocycles. The maximum absolute atomic E-state index is 12.4. The molecule has 1 aliphatic rings. The second-order valence-corrected chi connectivity index (χ2v) is 9.05. The first-order valence-electron chi connectivity index (χ1n) is 11.9. The summed E-state index contributed by atoms with van der Waals surface area (Å²) in [6, 6.07) is 17.9. The minimum absolute atomic E-state index is 0.102. The van der Waals surface area contributed by atoms with Gasteiger partial charge in [-0.15, -0.1) is 0 Å². The molecule has 2 aromatic carbocycles. The van der Waals surface area contributed by atoms with Crippen molar-refractivity contribution in [3.05, 3.63) is 71.4 Å². The first-order valence-corrected chi connectivity index (χ1v) is 11.9. The number of para-hydroxylation sites is 1. The van der Waals surface area contributed by atoms with E-state index in [-0.39, 0.29) is 18.0 Å². The van der Waals surface area contributed by atoms with Gasteiger partial charge in [0.1, 0.15) is 0 Å². The first kappa shape index (κ1) is 23.7. The second kappa shape index (κ2) is 11.1. The number of amides is 3. The van der Waals surface area contributed by atoms with Crippen LogP contribution in [0.3, 0.4) is 0 Å². The lowest BCUT2D eigenvalue weighted by Gasteiger charge is -2.17. The number of hydrogen-bond acceptors (Lipinski definition) is 4. The van der Waals surface area contributed by atoms with Gasteiger partial charge < -0.3 is 16.0 Å². The first-order chi connectivity index (χ1) is 16.5. The van der Waals surface area contributed by atoms with Gasteiger partial charge in [-0.1, -0.05) is 48.0 Å². The van der Waals surface area contributed by atoms with Gasteiger partial charge in [-0.3, -0.25) is 14.7 Å². The van der Waals surface area contributed by atoms with Gasteiger partial charge in [0.25, 0.3) is 0 Å². The third-order valence-corrected chi connectivity index (χ3v) is 6.20. The van der Waals surface area contributed by atoms with Gasteiger partial charge in [-0.2, -0.15) is 0 Å². The van der Waals surface area contributed by atoms with E-state index in [1.807, 2.05) is 37.3 Å². The van der Waals surface area contributed by atoms with Gasteiger partial charge in [0.15, 0.2) is 0 Å². The number of pyridine rings is 1. The van der Waals surface area contributed by atoms with E-state index < -0.39 is 0 Å². The third kappa shape index (κ3) is 6.54. The van der Waals surface area contributed by atoms with Crippen LogP contribution in [0.4, 0.5) is 10.5 Å². The third-order valence-electron chi connectivity index (χ3n) is 6.20. The molecule has 1 aliphatic heterocycles. The number of anilines is 1. The van der Waals surface area contributed by atoms with E-state index in [4.69, 9.17) is 0 Å². The highest BCUT2D eigenvalue weighted by Crippen LogP contribution is 2.22. The highest BCUT2D eigenvalue weighted by molar-refractivity contribution is 6.00. The molecule has 0 saturated carbocycles. The molecule has 1 saturated heterocycles. The molecule has 3 aromatic rings. The van der Waals surface area contributed by atoms with Crippen LogP contribution in [0.1, 0.15) is 29.7 Å². The van der Waals surface area contributed by atoms with Crippen LogP contribution in [0, 0.1) is 13.8 Å². The molecule has 7 heteroatoms. The van der Waals surface area contributed by atoms with Crippen LogP contribution in [0.2, 0.25) is 0 Å². The van der Waals surface area contributed by atoms with Crippen molar-refractivity contribution < 1.29 is 9.59 Å². The molecule has 4 rings (SSSR count). The summed E-state index contributed by atoms with van der Waals surface area (Å²) in [5, 5.41) is 9.97. The highest BCUT2D eigenvalue weighted by Gasteiger charge is 2.23. The van der Waals surface area contributed by atoms with Crippen molar-refractivity contribution in [3.8, 4) is 0 Å². The molecule has 178 valence electrons. The Balaban J connectivity index is 1.16. The Kier molecular flexibility index (Phi) is 7.75. The van der Waals surface area contributed by atoms with Gasteiger partial charge in [0.05, 0.1) is 11.2 Å². The SMILES string of the molecule is Cc1ccc(CCC(=O)NC2CCN(CCNC(=O)Nc3cc(C)nc4ccccc34)C2)cc1. The summed E-state index contributed by atoms with van der Waals surface area (Å²) in [5.74, 6) is 0.102. The smallest absolute Gasteiger partial charge is 0.319 e. The summed E-state index contributed by atoms with van der Waals surface area (Å²) in [6.07, 6.45) is 2.20. The number of nitrogens with zero attached hydrogens (tertiary/aromatic N) is 2. The van der Waals surface area contributed by atoms with Gasteiger partial charge in [0.2, 0.25) is 5.91 Å². The molecule has 3 amide bonds. The Hall–Kier alpha value is -3.45. The standard InChI is InChI=1S/C27H33N5O2/c1-19-7-9-21(10-8-19)11-12-26(33)30-22-13-15-32(18-22)16-14-28-27(34)31-25-17-20(2)29-24-6-4-3-5-23(24)25/h3-10,17,22H,11-16,18H2,1-2H3,(H,30,33)(H2,28,29,31,34). The molecule has 1 atom stereocenters. The number of benzene rings is 2. The molecule has 0 radical (unpaired) electrons. The Morgan fingerprint density at radius 3 is 2.71 bits per heavy atom. The summed E-state index contributed by atoms with van der Waals surface area (Å²) in [7, 11) is 0. The van der Waals surface area contributed by atoms with E-state index in [0.717, 1.165) is 54.8 Å². The van der Waals surface area contributed by atoms with Crippen molar-refractivity contribution in [1.29, 1.82) is 0 Å². The highest BCUT2D eigenvalue weighted by atomic mass is 16.2. The van der Waals surface area contributed by atoms with E-state index in [1.54, 1.807) is 0 Å². The van der Waals surface area contributed by atoms with Gasteiger partial charge in [-0.25, -0.2) is 4.79 Å². The molecule has 1 fully saturated rings. The van der Waals surface area contributed by atoms with E-state index in [0.29, 0.717) is 13.0 Å². The van der Waals surface area contributed by atoms with Crippen LogP contribution in [0.5, 0.6) is 0 Å². The molecular formula is C27H33N5O2. The van der Waals surface area contributed by atoms with Crippen molar-refractivity contribution >= 4 is 28.5 Å². The zero-order valence-electron chi connectivity index (χ0n) is 19.9. The number of hydrogen-bond donors (Lipinski definition) is 3. The van der Waals surface area contributed by atoms with Gasteiger partial charge in [-0.05, 0) is 44.4 Å². The quantitative estimate of drug-likeness (QED) is 0.478. The number of likely N-dealkylation sites (tertiary alicyclic amines) is 1. The number of carbonyl (C=O) groups is 2. The Morgan fingerprint density at radius 2 is 1.88 bits per heavy atom. The summed E-state index contributed by atoms with van der Waals surface area (Å²) in [6.45, 7) is 7.00. The van der Waals surface area contributed by atoms with E-state index in [1.165, 1.54) is 11.1 Å². The average Bonchev–Trinajstić information content (AvgIpc) is 3.25. The molecule has 3 N–H and O–H groups in total. The number of aryl methyl sites for hydroxylation is 3. The lowest BCUT2D eigenvalue weighted by Crippen LogP contribution is -2.39. The molecule has 0 bridgehead atoms. The molecule has 34 heavy (non-hydrogen) atoms. The van der Waals surface area contributed by atoms with Crippen molar-refractivity contribution in [3.63, 3.8) is 0 Å². The van der Waals surface area contributed by atoms with Crippen LogP contribution in [0.25, 0.3) is 10.9 Å². The fourth-order valence-electron chi connectivity index (χ4n) is 4.37. The topological polar surface area (TPSA) is 86.4 Å². The predicted octanol–water partition coefficient (Wildman–Crippen LogP) is 3.80. The molecular weight excluding hydrogens is 426 g/mol. The average molecular weight is 460 g/mol. The van der Waals surface area contributed by atoms with Crippen molar-refractivity contribution in [1.82, 2.24) is 20.5 Å². The molecule has 7 nitrogen and oxygen atoms in total. The number of fused-ring (bicyclic) bond motifs is 1. The van der Waals surface area contributed by atoms with Crippen LogP contribution in [0.15, 0.2) is 54.6 Å². The number of carbonyl (C=O) groups excluding carboxylic acids is 2. The maximum Gasteiger partial charge on any atom is 0.319 e. The van der Waals surface area contributed by atoms with E-state index >= 15 is 0 Å². The van der Waals surface area contributed by atoms with Crippen molar-refractivity contribution in [2.75, 3.05) is 31.5 Å². The number of aromatic nitrogens is 1. The predicted molar refractivity (Wildman–Crippen MR) is 136 cm³/mol. The minimum Gasteiger partial charge on any atom is -0.352 e. The monoisotopic (exact) mass is 459 g/mol. The van der Waals surface area contributed by atoms with Crippen LogP contribution in [-0.4, -0.2) is 54.0 Å². The fourth-order valence-corrected chi connectivity index (χ4v) is 4.37. The zero-order chi connectivity index (χ0) is 23.9. The van der Waals surface area contributed by atoms with E-state index in [2.05, 4.69) is 57.0 Å². The Labute approximate surface area is 200 Å². The lowest BCUT2D eigenvalue weighted by atomic mass is 10.1. The van der Waals surface area contributed by atoms with Gasteiger partial charge >= 0.3 is 6.03 Å². The number of urea groups is 1. The summed E-state index contributed by atoms with van der Waals surface area (Å²) in [4.78, 5) is 31.6. The summed E-state index contributed by atoms with van der Waals surface area (Å²) in [5.41, 5.74) is 4.90. The fraction of sp³-hybridized carbons (Fsp3) is 0.370. The van der Waals surface area contributed by atoms with Crippen molar-refractivity contribution in [2.24, 2.45) is 0 Å². The van der Waals surface area contributed by atoms with Gasteiger partial charge in [0, 0.05) is 49.7 Å². The number of nitrogens with one attached hydrogen (secondary N) is 3. The molecule has 2 heterocycles. The lowest BCUT2D eigenvalue weighted by molar-refractivity contribution is -0.121. The largest absolute Gasteiger partial charge is 0.352 e. The minimum atomic E-state index is -0.226. The van der Waals surface area contributed by atoms with Crippen LogP contribution < -0.4 is 16.0 Å². The summed E-state index contributed by atoms with van der Waals surface area (Å²) >= 11 is 0. The molecule has 1 unspecified atom stereocenters.